The zero-order valence-electron chi connectivity index (χ0n) is 20.0. The van der Waals surface area contributed by atoms with Gasteiger partial charge in [-0.15, -0.1) is 0 Å². The number of urea groups is 1. The SMILES string of the molecule is CC(C)N1N=C(c2ccc(-c3nn(C(C)C)c(=O)[n+](C(C)C)n3)cc2)[N-]N(C(C)C)C1=O. The topological polar surface area (TPSA) is 102 Å². The lowest BCUT2D eigenvalue weighted by molar-refractivity contribution is -0.788. The van der Waals surface area contributed by atoms with E-state index in [1.807, 2.05) is 79.7 Å². The first-order valence-electron chi connectivity index (χ1n) is 11.0. The number of nitrogens with zero attached hydrogens (tertiary/aromatic N) is 8. The van der Waals surface area contributed by atoms with Gasteiger partial charge in [0, 0.05) is 17.6 Å². The predicted molar refractivity (Wildman–Crippen MR) is 122 cm³/mol. The number of amides is 2. The highest BCUT2D eigenvalue weighted by Gasteiger charge is 2.25. The molecule has 1 aliphatic rings. The highest BCUT2D eigenvalue weighted by atomic mass is 16.2. The summed E-state index contributed by atoms with van der Waals surface area (Å²) in [6.45, 7) is 15.3. The normalized spacial score (nSPS) is 14.6. The van der Waals surface area contributed by atoms with Crippen LogP contribution in [0.3, 0.4) is 0 Å². The van der Waals surface area contributed by atoms with Crippen molar-refractivity contribution in [2.24, 2.45) is 5.10 Å². The quantitative estimate of drug-likeness (QED) is 0.643. The summed E-state index contributed by atoms with van der Waals surface area (Å²) >= 11 is 0. The monoisotopic (exact) mass is 440 g/mol. The molecule has 10 nitrogen and oxygen atoms in total. The van der Waals surface area contributed by atoms with E-state index >= 15 is 0 Å². The fraction of sp³-hybridized carbons (Fsp3) is 0.545. The second-order valence-corrected chi connectivity index (χ2v) is 8.94. The minimum absolute atomic E-state index is 0.0921. The van der Waals surface area contributed by atoms with Gasteiger partial charge in [0.05, 0.1) is 0 Å². The first-order chi connectivity index (χ1) is 15.0. The van der Waals surface area contributed by atoms with Crippen LogP contribution in [-0.4, -0.2) is 48.8 Å². The van der Waals surface area contributed by atoms with E-state index in [0.29, 0.717) is 11.7 Å². The van der Waals surface area contributed by atoms with Gasteiger partial charge in [0.25, 0.3) is 0 Å². The minimum Gasteiger partial charge on any atom is -0.368 e. The Labute approximate surface area is 188 Å². The van der Waals surface area contributed by atoms with Crippen molar-refractivity contribution >= 4 is 11.9 Å². The summed E-state index contributed by atoms with van der Waals surface area (Å²) in [5, 5.41) is 16.3. The van der Waals surface area contributed by atoms with Crippen LogP contribution < -0.4 is 10.4 Å². The molecule has 2 heterocycles. The molecular formula is C22H32N8O2. The molecule has 0 fully saturated rings. The molecule has 3 rings (SSSR count). The van der Waals surface area contributed by atoms with Crippen molar-refractivity contribution in [2.75, 3.05) is 0 Å². The number of hydrogen-bond acceptors (Lipinski definition) is 5. The fourth-order valence-corrected chi connectivity index (χ4v) is 3.17. The lowest BCUT2D eigenvalue weighted by Crippen LogP contribution is -2.59. The number of carbonyl (C=O) groups excluding carboxylic acids is 1. The first kappa shape index (κ1) is 23.4. The Morgan fingerprint density at radius 2 is 1.44 bits per heavy atom. The predicted octanol–water partition coefficient (Wildman–Crippen LogP) is 3.26. The second-order valence-electron chi connectivity index (χ2n) is 8.94. The van der Waals surface area contributed by atoms with Crippen LogP contribution in [0.2, 0.25) is 0 Å². The van der Waals surface area contributed by atoms with Gasteiger partial charge in [-0.3, -0.25) is 0 Å². The Hall–Kier alpha value is -3.30. The number of benzene rings is 1. The number of carbonyl (C=O) groups is 1. The van der Waals surface area contributed by atoms with Crippen LogP contribution in [0.15, 0.2) is 34.2 Å². The molecule has 10 heteroatoms. The van der Waals surface area contributed by atoms with Crippen LogP contribution in [0, 0.1) is 0 Å². The van der Waals surface area contributed by atoms with Crippen LogP contribution in [0.5, 0.6) is 0 Å². The summed E-state index contributed by atoms with van der Waals surface area (Å²) in [7, 11) is 0. The molecule has 0 radical (unpaired) electrons. The Morgan fingerprint density at radius 3 is 1.94 bits per heavy atom. The molecule has 0 unspecified atom stereocenters. The Bertz CT molecular complexity index is 1040. The Balaban J connectivity index is 2.00. The third-order valence-corrected chi connectivity index (χ3v) is 4.95. The van der Waals surface area contributed by atoms with Crippen LogP contribution in [-0.2, 0) is 0 Å². The van der Waals surface area contributed by atoms with Gasteiger partial charge in [-0.25, -0.2) is 4.79 Å². The summed E-state index contributed by atoms with van der Waals surface area (Å²) in [6, 6.07) is 6.89. The molecule has 0 spiro atoms. The number of aromatic nitrogens is 4. The average Bonchev–Trinajstić information content (AvgIpc) is 2.73. The van der Waals surface area contributed by atoms with E-state index in [1.165, 1.54) is 19.4 Å². The van der Waals surface area contributed by atoms with Gasteiger partial charge in [-0.1, -0.05) is 43.8 Å². The fourth-order valence-electron chi connectivity index (χ4n) is 3.17. The zero-order chi connectivity index (χ0) is 23.7. The van der Waals surface area contributed by atoms with Crippen molar-refractivity contribution in [2.45, 2.75) is 79.6 Å². The van der Waals surface area contributed by atoms with Gasteiger partial charge in [0.15, 0.2) is 0 Å². The standard InChI is InChI=1S/C22H32N8O2/c1-13(2)27-21(31)28(14(3)4)24-19(23-27)17-9-11-18(12-10-17)20-25-29(15(5)6)22(32)30(26-20)16(7)8/h9-16H,1-8H3. The third-order valence-electron chi connectivity index (χ3n) is 4.95. The van der Waals surface area contributed by atoms with Gasteiger partial charge >= 0.3 is 11.7 Å². The molecule has 0 aliphatic carbocycles. The largest absolute Gasteiger partial charge is 0.540 e. The summed E-state index contributed by atoms with van der Waals surface area (Å²) in [6.07, 6.45) is 0. The molecule has 0 bridgehead atoms. The van der Waals surface area contributed by atoms with Gasteiger partial charge in [-0.05, 0) is 66.8 Å². The van der Waals surface area contributed by atoms with Crippen molar-refractivity contribution in [3.05, 3.63) is 45.7 Å². The Kier molecular flexibility index (Phi) is 6.61. The molecular weight excluding hydrogens is 408 g/mol. The average molecular weight is 441 g/mol. The first-order valence-corrected chi connectivity index (χ1v) is 11.0. The number of amidine groups is 1. The maximum Gasteiger partial charge on any atom is 0.540 e. The molecule has 0 atom stereocenters. The maximum atomic E-state index is 12.6. The van der Waals surface area contributed by atoms with E-state index in [-0.39, 0.29) is 35.9 Å². The van der Waals surface area contributed by atoms with Crippen molar-refractivity contribution in [1.29, 1.82) is 0 Å². The smallest absolute Gasteiger partial charge is 0.368 e. The summed E-state index contributed by atoms with van der Waals surface area (Å²) in [5.41, 5.74) is 5.77. The molecule has 0 saturated heterocycles. The van der Waals surface area contributed by atoms with Crippen LogP contribution in [0.1, 0.15) is 73.0 Å². The van der Waals surface area contributed by atoms with Crippen LogP contribution >= 0.6 is 0 Å². The maximum absolute atomic E-state index is 12.6. The van der Waals surface area contributed by atoms with Crippen molar-refractivity contribution in [1.82, 2.24) is 24.9 Å². The van der Waals surface area contributed by atoms with E-state index in [9.17, 15) is 9.59 Å². The van der Waals surface area contributed by atoms with Gasteiger partial charge in [0.1, 0.15) is 12.1 Å². The molecule has 1 aromatic carbocycles. The zero-order valence-corrected chi connectivity index (χ0v) is 20.0. The van der Waals surface area contributed by atoms with E-state index in [2.05, 4.69) is 20.7 Å². The third kappa shape index (κ3) is 4.49. The van der Waals surface area contributed by atoms with Crippen molar-refractivity contribution < 1.29 is 9.48 Å². The van der Waals surface area contributed by atoms with E-state index in [0.717, 1.165) is 11.1 Å². The van der Waals surface area contributed by atoms with Crippen LogP contribution in [0.25, 0.3) is 16.8 Å². The molecule has 1 aliphatic heterocycles. The number of hydrogen-bond donors (Lipinski definition) is 0. The molecule has 1 aromatic heterocycles. The number of rotatable bonds is 6. The minimum atomic E-state index is -0.238. The summed E-state index contributed by atoms with van der Waals surface area (Å²) in [4.78, 5) is 25.3. The van der Waals surface area contributed by atoms with Gasteiger partial charge < -0.3 is 20.5 Å². The molecule has 2 aromatic rings. The van der Waals surface area contributed by atoms with Gasteiger partial charge in [0.2, 0.25) is 5.82 Å². The van der Waals surface area contributed by atoms with Crippen LogP contribution in [0.4, 0.5) is 4.79 Å². The van der Waals surface area contributed by atoms with E-state index in [1.54, 1.807) is 0 Å². The van der Waals surface area contributed by atoms with Crippen molar-refractivity contribution in [3.63, 3.8) is 0 Å². The lowest BCUT2D eigenvalue weighted by Gasteiger charge is -2.46. The highest BCUT2D eigenvalue weighted by Crippen LogP contribution is 2.24. The van der Waals surface area contributed by atoms with E-state index in [4.69, 9.17) is 0 Å². The molecule has 2 amide bonds. The molecule has 0 saturated carbocycles. The second kappa shape index (κ2) is 9.05. The molecule has 172 valence electrons. The van der Waals surface area contributed by atoms with Crippen molar-refractivity contribution in [3.8, 4) is 11.4 Å². The Morgan fingerprint density at radius 1 is 0.844 bits per heavy atom. The van der Waals surface area contributed by atoms with E-state index < -0.39 is 0 Å². The highest BCUT2D eigenvalue weighted by molar-refractivity contribution is 6.11. The number of hydrazone groups is 1. The molecule has 32 heavy (non-hydrogen) atoms. The summed E-state index contributed by atoms with van der Waals surface area (Å²) in [5.74, 6) is 0.924. The van der Waals surface area contributed by atoms with Gasteiger partial charge in [-0.2, -0.15) is 4.79 Å². The molecule has 0 N–H and O–H groups in total. The summed E-state index contributed by atoms with van der Waals surface area (Å²) < 4.78 is 2.90. The lowest BCUT2D eigenvalue weighted by atomic mass is 10.1.